The van der Waals surface area contributed by atoms with Crippen LogP contribution < -0.4 is 14.4 Å². The summed E-state index contributed by atoms with van der Waals surface area (Å²) in [6.45, 7) is 3.94. The van der Waals surface area contributed by atoms with Gasteiger partial charge in [0.2, 0.25) is 15.9 Å². The van der Waals surface area contributed by atoms with Crippen molar-refractivity contribution in [2.24, 2.45) is 0 Å². The van der Waals surface area contributed by atoms with Gasteiger partial charge in [-0.05, 0) is 38.1 Å². The van der Waals surface area contributed by atoms with Crippen LogP contribution in [0.3, 0.4) is 0 Å². The van der Waals surface area contributed by atoms with Crippen molar-refractivity contribution >= 4 is 27.3 Å². The van der Waals surface area contributed by atoms with Crippen LogP contribution >= 0.6 is 0 Å². The molecule has 2 aromatic rings. The van der Waals surface area contributed by atoms with Gasteiger partial charge in [0.05, 0.1) is 18.6 Å². The van der Waals surface area contributed by atoms with Gasteiger partial charge < -0.3 is 10.1 Å². The van der Waals surface area contributed by atoms with Crippen LogP contribution in [-0.4, -0.2) is 33.2 Å². The smallest absolute Gasteiger partial charge is 0.247 e. The molecule has 0 aliphatic carbocycles. The lowest BCUT2D eigenvalue weighted by Crippen LogP contribution is -2.45. The van der Waals surface area contributed by atoms with Crippen molar-refractivity contribution < 1.29 is 17.9 Å². The van der Waals surface area contributed by atoms with Gasteiger partial charge in [0.15, 0.2) is 0 Å². The second kappa shape index (κ2) is 8.02. The molecule has 0 heterocycles. The lowest BCUT2D eigenvalue weighted by Gasteiger charge is -2.28. The predicted molar refractivity (Wildman–Crippen MR) is 99.5 cm³/mol. The number of sulfonamides is 1. The van der Waals surface area contributed by atoms with Crippen molar-refractivity contribution in [2.75, 3.05) is 22.5 Å². The lowest BCUT2D eigenvalue weighted by molar-refractivity contribution is -0.116. The largest absolute Gasteiger partial charge is 0.494 e. The molecule has 25 heavy (non-hydrogen) atoms. The monoisotopic (exact) mass is 362 g/mol. The van der Waals surface area contributed by atoms with Gasteiger partial charge >= 0.3 is 0 Å². The van der Waals surface area contributed by atoms with Crippen LogP contribution in [0, 0.1) is 0 Å². The summed E-state index contributed by atoms with van der Waals surface area (Å²) in [4.78, 5) is 12.6. The first-order valence-electron chi connectivity index (χ1n) is 7.91. The zero-order valence-corrected chi connectivity index (χ0v) is 15.3. The fourth-order valence-corrected chi connectivity index (χ4v) is 3.64. The van der Waals surface area contributed by atoms with E-state index in [0.717, 1.165) is 10.6 Å². The topological polar surface area (TPSA) is 75.7 Å². The van der Waals surface area contributed by atoms with Crippen LogP contribution in [0.25, 0.3) is 0 Å². The Labute approximate surface area is 148 Å². The summed E-state index contributed by atoms with van der Waals surface area (Å²) in [5.74, 6) is 0.207. The normalized spacial score (nSPS) is 12.3. The Morgan fingerprint density at radius 3 is 2.44 bits per heavy atom. The van der Waals surface area contributed by atoms with Crippen molar-refractivity contribution in [2.45, 2.75) is 19.9 Å². The van der Waals surface area contributed by atoms with Gasteiger partial charge in [-0.3, -0.25) is 9.10 Å². The minimum atomic E-state index is -3.62. The van der Waals surface area contributed by atoms with Crippen LogP contribution in [0.1, 0.15) is 13.8 Å². The molecule has 0 saturated heterocycles. The molecule has 0 aromatic heterocycles. The van der Waals surface area contributed by atoms with E-state index < -0.39 is 22.0 Å². The van der Waals surface area contributed by atoms with E-state index in [1.165, 1.54) is 0 Å². The molecule has 0 aliphatic rings. The summed E-state index contributed by atoms with van der Waals surface area (Å²) in [5.41, 5.74) is 0.986. The van der Waals surface area contributed by atoms with Gasteiger partial charge in [0.25, 0.3) is 0 Å². The number of para-hydroxylation sites is 1. The van der Waals surface area contributed by atoms with E-state index in [9.17, 15) is 13.2 Å². The van der Waals surface area contributed by atoms with E-state index in [0.29, 0.717) is 23.7 Å². The number of carbonyl (C=O) groups excluding carboxylic acids is 1. The van der Waals surface area contributed by atoms with Gasteiger partial charge in [0, 0.05) is 11.8 Å². The average Bonchev–Trinajstić information content (AvgIpc) is 2.55. The Morgan fingerprint density at radius 2 is 1.84 bits per heavy atom. The maximum absolute atomic E-state index is 12.6. The van der Waals surface area contributed by atoms with Gasteiger partial charge in [0.1, 0.15) is 11.8 Å². The van der Waals surface area contributed by atoms with Gasteiger partial charge in [-0.2, -0.15) is 0 Å². The standard InChI is InChI=1S/C18H22N2O4S/c1-4-24-17-12-8-9-15(13-17)19-18(21)14(2)20(25(3,22)23)16-10-6-5-7-11-16/h5-14H,4H2,1-3H3,(H,19,21)/t14-/m0/s1. The summed E-state index contributed by atoms with van der Waals surface area (Å²) in [5, 5.41) is 2.74. The molecule has 7 heteroatoms. The highest BCUT2D eigenvalue weighted by Crippen LogP contribution is 2.22. The number of hydrogen-bond donors (Lipinski definition) is 1. The van der Waals surface area contributed by atoms with Crippen LogP contribution in [0.2, 0.25) is 0 Å². The first-order valence-corrected chi connectivity index (χ1v) is 9.76. The van der Waals surface area contributed by atoms with Gasteiger partial charge in [-0.1, -0.05) is 24.3 Å². The zero-order chi connectivity index (χ0) is 18.4. The average molecular weight is 362 g/mol. The van der Waals surface area contributed by atoms with Crippen LogP contribution in [0.5, 0.6) is 5.75 Å². The van der Waals surface area contributed by atoms with E-state index in [1.54, 1.807) is 61.5 Å². The summed E-state index contributed by atoms with van der Waals surface area (Å²) in [6, 6.07) is 14.6. The third-order valence-corrected chi connectivity index (χ3v) is 4.75. The third kappa shape index (κ3) is 4.96. The Kier molecular flexibility index (Phi) is 6.03. The van der Waals surface area contributed by atoms with E-state index in [-0.39, 0.29) is 0 Å². The molecule has 1 amide bonds. The molecule has 2 aromatic carbocycles. The Hall–Kier alpha value is -2.54. The highest BCUT2D eigenvalue weighted by molar-refractivity contribution is 7.92. The van der Waals surface area contributed by atoms with E-state index in [4.69, 9.17) is 4.74 Å². The Balaban J connectivity index is 2.23. The lowest BCUT2D eigenvalue weighted by atomic mass is 10.2. The third-order valence-electron chi connectivity index (χ3n) is 3.51. The second-order valence-corrected chi connectivity index (χ2v) is 7.38. The number of anilines is 2. The number of nitrogens with one attached hydrogen (secondary N) is 1. The molecule has 2 rings (SSSR count). The SMILES string of the molecule is CCOc1cccc(NC(=O)[C@H](C)N(c2ccccc2)S(C)(=O)=O)c1. The summed E-state index contributed by atoms with van der Waals surface area (Å²) in [7, 11) is -3.62. The first-order chi connectivity index (χ1) is 11.8. The highest BCUT2D eigenvalue weighted by atomic mass is 32.2. The van der Waals surface area contributed by atoms with E-state index >= 15 is 0 Å². The number of nitrogens with zero attached hydrogens (tertiary/aromatic N) is 1. The molecule has 1 N–H and O–H groups in total. The van der Waals surface area contributed by atoms with Gasteiger partial charge in [-0.15, -0.1) is 0 Å². The van der Waals surface area contributed by atoms with E-state index in [2.05, 4.69) is 5.32 Å². The summed E-state index contributed by atoms with van der Waals surface area (Å²) < 4.78 is 30.9. The summed E-state index contributed by atoms with van der Waals surface area (Å²) in [6.07, 6.45) is 1.08. The molecule has 0 radical (unpaired) electrons. The minimum absolute atomic E-state index is 0.428. The number of ether oxygens (including phenoxy) is 1. The number of hydrogen-bond acceptors (Lipinski definition) is 4. The Morgan fingerprint density at radius 1 is 1.16 bits per heavy atom. The first kappa shape index (κ1) is 18.8. The van der Waals surface area contributed by atoms with Crippen molar-refractivity contribution in [3.8, 4) is 5.75 Å². The number of benzene rings is 2. The van der Waals surface area contributed by atoms with Crippen molar-refractivity contribution in [3.05, 3.63) is 54.6 Å². The molecule has 0 spiro atoms. The summed E-state index contributed by atoms with van der Waals surface area (Å²) >= 11 is 0. The molecule has 0 bridgehead atoms. The molecule has 0 fully saturated rings. The quantitative estimate of drug-likeness (QED) is 0.822. The number of amides is 1. The zero-order valence-electron chi connectivity index (χ0n) is 14.5. The molecule has 0 unspecified atom stereocenters. The molecular formula is C18H22N2O4S. The van der Waals surface area contributed by atoms with Crippen molar-refractivity contribution in [3.63, 3.8) is 0 Å². The van der Waals surface area contributed by atoms with Crippen molar-refractivity contribution in [1.29, 1.82) is 0 Å². The number of rotatable bonds is 7. The fourth-order valence-electron chi connectivity index (χ4n) is 2.46. The maximum Gasteiger partial charge on any atom is 0.247 e. The minimum Gasteiger partial charge on any atom is -0.494 e. The molecule has 0 aliphatic heterocycles. The van der Waals surface area contributed by atoms with Crippen LogP contribution in [-0.2, 0) is 14.8 Å². The fraction of sp³-hybridized carbons (Fsp3) is 0.278. The molecule has 6 nitrogen and oxygen atoms in total. The van der Waals surface area contributed by atoms with E-state index in [1.807, 2.05) is 6.92 Å². The second-order valence-electron chi connectivity index (χ2n) is 5.52. The van der Waals surface area contributed by atoms with Gasteiger partial charge in [-0.25, -0.2) is 8.42 Å². The van der Waals surface area contributed by atoms with Crippen LogP contribution in [0.4, 0.5) is 11.4 Å². The number of carbonyl (C=O) groups is 1. The van der Waals surface area contributed by atoms with Crippen LogP contribution in [0.15, 0.2) is 54.6 Å². The van der Waals surface area contributed by atoms with Crippen molar-refractivity contribution in [1.82, 2.24) is 0 Å². The molecule has 134 valence electrons. The molecule has 1 atom stereocenters. The predicted octanol–water partition coefficient (Wildman–Crippen LogP) is 2.88. The molecule has 0 saturated carbocycles. The highest BCUT2D eigenvalue weighted by Gasteiger charge is 2.29. The molecular weight excluding hydrogens is 340 g/mol. The Bertz CT molecular complexity index is 822. The maximum atomic E-state index is 12.6.